The van der Waals surface area contributed by atoms with Crippen LogP contribution in [0.15, 0.2) is 60.7 Å². The Kier molecular flexibility index (Phi) is 10.9. The van der Waals surface area contributed by atoms with Crippen molar-refractivity contribution in [2.75, 3.05) is 26.2 Å². The molecule has 4 N–H and O–H groups in total. The van der Waals surface area contributed by atoms with Gasteiger partial charge < -0.3 is 25.6 Å². The predicted molar refractivity (Wildman–Crippen MR) is 170 cm³/mol. The molecule has 2 aliphatic heterocycles. The fourth-order valence-electron chi connectivity index (χ4n) is 6.80. The monoisotopic (exact) mass is 618 g/mol. The summed E-state index contributed by atoms with van der Waals surface area (Å²) in [5, 5.41) is 11.3. The van der Waals surface area contributed by atoms with Crippen molar-refractivity contribution in [2.24, 2.45) is 11.7 Å². The van der Waals surface area contributed by atoms with Crippen LogP contribution in [-0.4, -0.2) is 83.3 Å². The number of nitrogens with zero attached hydrogens (tertiary/aromatic N) is 3. The van der Waals surface area contributed by atoms with E-state index in [0.29, 0.717) is 38.5 Å². The zero-order chi connectivity index (χ0) is 31.8. The lowest BCUT2D eigenvalue weighted by Gasteiger charge is -2.52. The molecular formula is C34H46N6O5. The zero-order valence-corrected chi connectivity index (χ0v) is 26.1. The molecule has 1 aliphatic carbocycles. The Bertz CT molecular complexity index is 1270. The highest BCUT2D eigenvalue weighted by Crippen LogP contribution is 2.32. The van der Waals surface area contributed by atoms with Crippen molar-refractivity contribution in [2.45, 2.75) is 82.5 Å². The van der Waals surface area contributed by atoms with E-state index < -0.39 is 24.4 Å². The fraction of sp³-hybridized carbons (Fsp3) is 0.529. The first-order valence-electron chi connectivity index (χ1n) is 16.2. The van der Waals surface area contributed by atoms with Gasteiger partial charge in [-0.3, -0.25) is 19.8 Å². The van der Waals surface area contributed by atoms with E-state index in [1.165, 1.54) is 16.4 Å². The van der Waals surface area contributed by atoms with Crippen molar-refractivity contribution in [3.63, 3.8) is 0 Å². The normalized spacial score (nSPS) is 22.4. The summed E-state index contributed by atoms with van der Waals surface area (Å²) in [6.07, 6.45) is 4.56. The van der Waals surface area contributed by atoms with E-state index in [1.807, 2.05) is 36.4 Å². The van der Waals surface area contributed by atoms with Crippen LogP contribution >= 0.6 is 0 Å². The van der Waals surface area contributed by atoms with E-state index in [4.69, 9.17) is 20.7 Å². The van der Waals surface area contributed by atoms with Crippen LogP contribution in [0.2, 0.25) is 0 Å². The minimum absolute atomic E-state index is 0.0716. The summed E-state index contributed by atoms with van der Waals surface area (Å²) < 4.78 is 5.79. The van der Waals surface area contributed by atoms with Gasteiger partial charge in [-0.2, -0.15) is 5.06 Å². The van der Waals surface area contributed by atoms with Gasteiger partial charge in [-0.15, -0.1) is 0 Å². The van der Waals surface area contributed by atoms with E-state index in [-0.39, 0.29) is 36.7 Å². The van der Waals surface area contributed by atoms with Gasteiger partial charge in [0.1, 0.15) is 6.04 Å². The van der Waals surface area contributed by atoms with Gasteiger partial charge >= 0.3 is 6.09 Å². The third-order valence-electron chi connectivity index (χ3n) is 9.23. The highest BCUT2D eigenvalue weighted by Gasteiger charge is 2.52. The van der Waals surface area contributed by atoms with Crippen molar-refractivity contribution < 1.29 is 24.0 Å². The van der Waals surface area contributed by atoms with Crippen molar-refractivity contribution in [1.29, 1.82) is 5.41 Å². The van der Waals surface area contributed by atoms with E-state index >= 15 is 0 Å². The van der Waals surface area contributed by atoms with Gasteiger partial charge in [-0.25, -0.2) is 4.79 Å². The number of guanidine groups is 1. The Hall–Kier alpha value is -4.12. The van der Waals surface area contributed by atoms with Gasteiger partial charge in [0.25, 0.3) is 5.91 Å². The number of hydrogen-bond donors (Lipinski definition) is 3. The molecule has 0 bridgehead atoms. The topological polar surface area (TPSA) is 141 Å². The third kappa shape index (κ3) is 7.94. The molecular weight excluding hydrogens is 572 g/mol. The fourth-order valence-corrected chi connectivity index (χ4v) is 6.80. The summed E-state index contributed by atoms with van der Waals surface area (Å²) in [7, 11) is 0. The SMILES string of the molecule is C[C@H]1C(=O)N(CCC(c2ccccc2)c2ccccc2)CC2N(C(=O)OCC3CCCCC3)O[C@H](CCCNC(=N)N)C(=O)N21. The minimum atomic E-state index is -0.959. The quantitative estimate of drug-likeness (QED) is 0.195. The Morgan fingerprint density at radius 3 is 2.29 bits per heavy atom. The molecule has 3 atom stereocenters. The van der Waals surface area contributed by atoms with Crippen LogP contribution in [-0.2, 0) is 19.2 Å². The number of carbonyl (C=O) groups excluding carboxylic acids is 3. The maximum atomic E-state index is 13.8. The van der Waals surface area contributed by atoms with E-state index in [9.17, 15) is 14.4 Å². The van der Waals surface area contributed by atoms with E-state index in [2.05, 4.69) is 29.6 Å². The Morgan fingerprint density at radius 1 is 1.02 bits per heavy atom. The van der Waals surface area contributed by atoms with Gasteiger partial charge in [-0.05, 0) is 56.1 Å². The average molecular weight is 619 g/mol. The number of nitrogens with one attached hydrogen (secondary N) is 2. The molecule has 2 aromatic rings. The maximum Gasteiger partial charge on any atom is 0.436 e. The smallest absolute Gasteiger partial charge is 0.436 e. The van der Waals surface area contributed by atoms with Crippen LogP contribution in [0.4, 0.5) is 4.79 Å². The van der Waals surface area contributed by atoms with Crippen LogP contribution in [0.25, 0.3) is 0 Å². The molecule has 11 heteroatoms. The number of benzene rings is 2. The predicted octanol–water partition coefficient (Wildman–Crippen LogP) is 4.19. The molecule has 5 rings (SSSR count). The highest BCUT2D eigenvalue weighted by molar-refractivity contribution is 5.91. The summed E-state index contributed by atoms with van der Waals surface area (Å²) in [6, 6.07) is 19.7. The standard InChI is InChI=1S/C34H46N6O5/c1-24-31(41)38(21-19-28(26-14-7-3-8-15-26)27-16-9-4-10-17-27)22-30-39(24)32(42)29(18-11-20-37-33(35)36)45-40(30)34(43)44-23-25-12-5-2-6-13-25/h3-4,7-10,14-17,24-25,28-30H,2,5-6,11-13,18-23H2,1H3,(H4,35,36,37)/t24-,29+,30?/m0/s1. The zero-order valence-electron chi connectivity index (χ0n) is 26.1. The molecule has 1 saturated carbocycles. The number of ether oxygens (including phenoxy) is 1. The third-order valence-corrected chi connectivity index (χ3v) is 9.23. The maximum absolute atomic E-state index is 13.8. The molecule has 0 radical (unpaired) electrons. The van der Waals surface area contributed by atoms with E-state index in [1.54, 1.807) is 11.8 Å². The average Bonchev–Trinajstić information content (AvgIpc) is 3.06. The lowest BCUT2D eigenvalue weighted by molar-refractivity contribution is -0.267. The number of piperazine rings is 1. The van der Waals surface area contributed by atoms with E-state index in [0.717, 1.165) is 36.8 Å². The summed E-state index contributed by atoms with van der Waals surface area (Å²) in [6.45, 7) is 2.98. The highest BCUT2D eigenvalue weighted by atomic mass is 16.7. The summed E-state index contributed by atoms with van der Waals surface area (Å²) in [4.78, 5) is 50.4. The van der Waals surface area contributed by atoms with Crippen LogP contribution in [0.3, 0.4) is 0 Å². The van der Waals surface area contributed by atoms with Crippen LogP contribution in [0.5, 0.6) is 0 Å². The van der Waals surface area contributed by atoms with Gasteiger partial charge in [-0.1, -0.05) is 79.9 Å². The number of hydroxylamine groups is 2. The number of nitrogens with two attached hydrogens (primary N) is 1. The first-order valence-corrected chi connectivity index (χ1v) is 16.2. The molecule has 11 nitrogen and oxygen atoms in total. The second kappa shape index (κ2) is 15.2. The number of amides is 3. The molecule has 3 aliphatic rings. The Labute approximate surface area is 265 Å². The van der Waals surface area contributed by atoms with Crippen molar-refractivity contribution in [3.05, 3.63) is 71.8 Å². The van der Waals surface area contributed by atoms with Crippen molar-refractivity contribution in [3.8, 4) is 0 Å². The number of fused-ring (bicyclic) bond motifs is 1. The van der Waals surface area contributed by atoms with Gasteiger partial charge in [0.05, 0.1) is 13.2 Å². The van der Waals surface area contributed by atoms with Crippen LogP contribution < -0.4 is 11.1 Å². The molecule has 3 fully saturated rings. The Balaban J connectivity index is 1.33. The molecule has 45 heavy (non-hydrogen) atoms. The largest absolute Gasteiger partial charge is 0.448 e. The number of carbonyl (C=O) groups is 3. The lowest BCUT2D eigenvalue weighted by Crippen LogP contribution is -2.73. The molecule has 0 aromatic heterocycles. The molecule has 1 unspecified atom stereocenters. The molecule has 242 valence electrons. The molecule has 3 amide bonds. The number of hydrogen-bond acceptors (Lipinski definition) is 6. The van der Waals surface area contributed by atoms with Crippen molar-refractivity contribution >= 4 is 23.9 Å². The van der Waals surface area contributed by atoms with Crippen LogP contribution in [0, 0.1) is 11.3 Å². The first-order chi connectivity index (χ1) is 21.8. The summed E-state index contributed by atoms with van der Waals surface area (Å²) in [5.74, 6) is -0.256. The molecule has 0 spiro atoms. The minimum Gasteiger partial charge on any atom is -0.448 e. The van der Waals surface area contributed by atoms with Gasteiger partial charge in [0.15, 0.2) is 18.2 Å². The van der Waals surface area contributed by atoms with Crippen LogP contribution in [0.1, 0.15) is 75.3 Å². The summed E-state index contributed by atoms with van der Waals surface area (Å²) >= 11 is 0. The number of rotatable bonds is 11. The molecule has 2 aromatic carbocycles. The lowest BCUT2D eigenvalue weighted by atomic mass is 9.88. The molecule has 2 saturated heterocycles. The second-order valence-corrected chi connectivity index (χ2v) is 12.3. The summed E-state index contributed by atoms with van der Waals surface area (Å²) in [5.41, 5.74) is 7.72. The molecule has 2 heterocycles. The second-order valence-electron chi connectivity index (χ2n) is 12.3. The van der Waals surface area contributed by atoms with Crippen molar-refractivity contribution in [1.82, 2.24) is 20.2 Å². The van der Waals surface area contributed by atoms with Gasteiger partial charge in [0.2, 0.25) is 5.91 Å². The van der Waals surface area contributed by atoms with Gasteiger partial charge in [0, 0.05) is 19.0 Å². The Morgan fingerprint density at radius 2 is 1.67 bits per heavy atom. The first kappa shape index (κ1) is 32.3.